The van der Waals surface area contributed by atoms with Crippen molar-refractivity contribution in [2.75, 3.05) is 0 Å². The van der Waals surface area contributed by atoms with E-state index >= 15 is 0 Å². The zero-order chi connectivity index (χ0) is 11.0. The summed E-state index contributed by atoms with van der Waals surface area (Å²) in [5.41, 5.74) is -0.582. The van der Waals surface area contributed by atoms with E-state index in [0.29, 0.717) is 18.8 Å². The Morgan fingerprint density at radius 1 is 1.50 bits per heavy atom. The van der Waals surface area contributed by atoms with Gasteiger partial charge in [-0.15, -0.1) is 5.16 Å². The fraction of sp³-hybridized carbons (Fsp3) is 0.900. The Morgan fingerprint density at radius 3 is 2.50 bits per heavy atom. The lowest BCUT2D eigenvalue weighted by molar-refractivity contribution is 0.304. The van der Waals surface area contributed by atoms with Gasteiger partial charge in [0.25, 0.3) is 0 Å². The summed E-state index contributed by atoms with van der Waals surface area (Å²) in [4.78, 5) is 10.8. The van der Waals surface area contributed by atoms with Gasteiger partial charge in [0, 0.05) is 12.6 Å². The van der Waals surface area contributed by atoms with Crippen molar-refractivity contribution in [1.82, 2.24) is 0 Å². The maximum absolute atomic E-state index is 10.8. The van der Waals surface area contributed by atoms with Gasteiger partial charge in [0.1, 0.15) is 5.54 Å². The minimum absolute atomic E-state index is 0.424. The fourth-order valence-electron chi connectivity index (χ4n) is 1.51. The molecule has 1 N–H and O–H groups in total. The topological polar surface area (TPSA) is 62.0 Å². The van der Waals surface area contributed by atoms with Gasteiger partial charge in [0.15, 0.2) is 0 Å². The molecule has 0 rings (SSSR count). The maximum Gasteiger partial charge on any atom is 0.108 e. The van der Waals surface area contributed by atoms with Crippen molar-refractivity contribution in [3.05, 3.63) is 4.91 Å². The molecule has 0 fully saturated rings. The van der Waals surface area contributed by atoms with Crippen molar-refractivity contribution < 1.29 is 5.21 Å². The molecule has 14 heavy (non-hydrogen) atoms. The Kier molecular flexibility index (Phi) is 6.08. The van der Waals surface area contributed by atoms with Crippen LogP contribution in [0.15, 0.2) is 10.3 Å². The summed E-state index contributed by atoms with van der Waals surface area (Å²) in [6.07, 6.45) is 4.26. The standard InChI is InChI=1S/C10H20N2O2/c1-4-9(3)8-10(5-2,12-14)6-7-11-13/h7,9,13H,4-6,8H2,1-3H3/b11-7+. The molecule has 0 aliphatic heterocycles. The van der Waals surface area contributed by atoms with Crippen LogP contribution in [0.4, 0.5) is 0 Å². The maximum atomic E-state index is 10.8. The zero-order valence-electron chi connectivity index (χ0n) is 9.23. The summed E-state index contributed by atoms with van der Waals surface area (Å²) < 4.78 is 0. The van der Waals surface area contributed by atoms with Crippen molar-refractivity contribution in [1.29, 1.82) is 0 Å². The smallest absolute Gasteiger partial charge is 0.108 e. The van der Waals surface area contributed by atoms with Gasteiger partial charge >= 0.3 is 0 Å². The van der Waals surface area contributed by atoms with Crippen molar-refractivity contribution in [3.63, 3.8) is 0 Å². The number of nitroso groups, excluding NO2 is 1. The van der Waals surface area contributed by atoms with Crippen LogP contribution in [0.1, 0.15) is 46.5 Å². The molecule has 82 valence electrons. The number of nitrogens with zero attached hydrogens (tertiary/aromatic N) is 2. The van der Waals surface area contributed by atoms with Gasteiger partial charge in [-0.2, -0.15) is 4.91 Å². The van der Waals surface area contributed by atoms with E-state index in [1.165, 1.54) is 6.21 Å². The average molecular weight is 200 g/mol. The largest absolute Gasteiger partial charge is 0.411 e. The molecule has 0 aromatic heterocycles. The molecule has 0 aromatic rings. The highest BCUT2D eigenvalue weighted by molar-refractivity contribution is 5.58. The molecule has 0 aliphatic rings. The molecule has 0 spiro atoms. The highest BCUT2D eigenvalue weighted by atomic mass is 16.4. The van der Waals surface area contributed by atoms with Gasteiger partial charge in [-0.25, -0.2) is 0 Å². The van der Waals surface area contributed by atoms with Gasteiger partial charge in [0.05, 0.1) is 0 Å². The number of rotatable bonds is 7. The minimum atomic E-state index is -0.582. The zero-order valence-corrected chi connectivity index (χ0v) is 9.23. The second-order valence-corrected chi connectivity index (χ2v) is 3.89. The summed E-state index contributed by atoms with van der Waals surface area (Å²) in [5.74, 6) is 0.472. The lowest BCUT2D eigenvalue weighted by atomic mass is 9.83. The Balaban J connectivity index is 4.43. The monoisotopic (exact) mass is 200 g/mol. The third kappa shape index (κ3) is 3.85. The highest BCUT2D eigenvalue weighted by Crippen LogP contribution is 2.29. The van der Waals surface area contributed by atoms with Crippen molar-refractivity contribution >= 4 is 6.21 Å². The van der Waals surface area contributed by atoms with E-state index in [9.17, 15) is 4.91 Å². The SMILES string of the molecule is CCC(C)CC(CC)(C/C=N/O)N=O. The summed E-state index contributed by atoms with van der Waals surface area (Å²) in [5, 5.41) is 14.5. The second-order valence-electron chi connectivity index (χ2n) is 3.89. The van der Waals surface area contributed by atoms with E-state index in [1.807, 2.05) is 6.92 Å². The molecule has 0 bridgehead atoms. The molecule has 0 aromatic carbocycles. The van der Waals surface area contributed by atoms with Crippen LogP contribution in [-0.4, -0.2) is 17.0 Å². The van der Waals surface area contributed by atoms with Gasteiger partial charge in [-0.1, -0.05) is 32.4 Å². The third-order valence-electron chi connectivity index (χ3n) is 2.83. The van der Waals surface area contributed by atoms with E-state index in [4.69, 9.17) is 5.21 Å². The van der Waals surface area contributed by atoms with Crippen LogP contribution >= 0.6 is 0 Å². The highest BCUT2D eigenvalue weighted by Gasteiger charge is 2.30. The van der Waals surface area contributed by atoms with Crippen LogP contribution in [0.5, 0.6) is 0 Å². The van der Waals surface area contributed by atoms with Crippen molar-refractivity contribution in [3.8, 4) is 0 Å². The van der Waals surface area contributed by atoms with Gasteiger partial charge in [0.2, 0.25) is 0 Å². The lowest BCUT2D eigenvalue weighted by Crippen LogP contribution is -2.28. The third-order valence-corrected chi connectivity index (χ3v) is 2.83. The molecule has 2 unspecified atom stereocenters. The first kappa shape index (κ1) is 13.1. The van der Waals surface area contributed by atoms with Crippen LogP contribution in [-0.2, 0) is 0 Å². The number of oxime groups is 1. The van der Waals surface area contributed by atoms with E-state index in [0.717, 1.165) is 12.8 Å². The first-order valence-corrected chi connectivity index (χ1v) is 5.14. The summed E-state index contributed by atoms with van der Waals surface area (Å²) >= 11 is 0. The Labute approximate surface area is 85.4 Å². The minimum Gasteiger partial charge on any atom is -0.411 e. The summed E-state index contributed by atoms with van der Waals surface area (Å²) in [7, 11) is 0. The van der Waals surface area contributed by atoms with E-state index in [1.54, 1.807) is 0 Å². The lowest BCUT2D eigenvalue weighted by Gasteiger charge is -2.25. The van der Waals surface area contributed by atoms with Gasteiger partial charge < -0.3 is 5.21 Å². The molecule has 0 radical (unpaired) electrons. The summed E-state index contributed by atoms with van der Waals surface area (Å²) in [6, 6.07) is 0. The molecule has 0 saturated heterocycles. The first-order chi connectivity index (χ1) is 6.64. The van der Waals surface area contributed by atoms with Gasteiger partial charge in [-0.3, -0.25) is 0 Å². The van der Waals surface area contributed by atoms with Crippen LogP contribution in [0.3, 0.4) is 0 Å². The van der Waals surface area contributed by atoms with Crippen LogP contribution in [0.2, 0.25) is 0 Å². The molecule has 4 heteroatoms. The molecular weight excluding hydrogens is 180 g/mol. The van der Waals surface area contributed by atoms with Crippen LogP contribution in [0.25, 0.3) is 0 Å². The van der Waals surface area contributed by atoms with E-state index < -0.39 is 5.54 Å². The van der Waals surface area contributed by atoms with E-state index in [-0.39, 0.29) is 0 Å². The normalized spacial score (nSPS) is 17.9. The fourth-order valence-corrected chi connectivity index (χ4v) is 1.51. The van der Waals surface area contributed by atoms with Gasteiger partial charge in [-0.05, 0) is 18.8 Å². The number of hydrogen-bond acceptors (Lipinski definition) is 4. The molecule has 0 heterocycles. The molecule has 0 aliphatic carbocycles. The Hall–Kier alpha value is -0.930. The Morgan fingerprint density at radius 2 is 2.14 bits per heavy atom. The molecule has 4 nitrogen and oxygen atoms in total. The predicted octanol–water partition coefficient (Wildman–Crippen LogP) is 3.19. The molecular formula is C10H20N2O2. The van der Waals surface area contributed by atoms with Crippen molar-refractivity contribution in [2.45, 2.75) is 52.0 Å². The Bertz CT molecular complexity index is 195. The van der Waals surface area contributed by atoms with Crippen LogP contribution < -0.4 is 0 Å². The second kappa shape index (κ2) is 6.51. The number of hydrogen-bond donors (Lipinski definition) is 1. The quantitative estimate of drug-likeness (QED) is 0.297. The average Bonchev–Trinajstić information content (AvgIpc) is 2.24. The molecule has 2 atom stereocenters. The summed E-state index contributed by atoms with van der Waals surface area (Å²) in [6.45, 7) is 6.14. The van der Waals surface area contributed by atoms with E-state index in [2.05, 4.69) is 24.2 Å². The van der Waals surface area contributed by atoms with Crippen molar-refractivity contribution in [2.24, 2.45) is 16.3 Å². The molecule has 0 amide bonds. The molecule has 0 saturated carbocycles. The van der Waals surface area contributed by atoms with Crippen LogP contribution in [0, 0.1) is 10.8 Å². The first-order valence-electron chi connectivity index (χ1n) is 5.14. The predicted molar refractivity (Wildman–Crippen MR) is 57.8 cm³/mol.